The summed E-state index contributed by atoms with van der Waals surface area (Å²) in [5, 5.41) is 8.13. The highest BCUT2D eigenvalue weighted by atomic mass is 35.5. The second-order valence-corrected chi connectivity index (χ2v) is 5.40. The first-order valence-electron chi connectivity index (χ1n) is 6.63. The van der Waals surface area contributed by atoms with Crippen LogP contribution in [0.1, 0.15) is 11.1 Å². The van der Waals surface area contributed by atoms with Crippen molar-refractivity contribution in [2.24, 2.45) is 5.10 Å². The quantitative estimate of drug-likeness (QED) is 0.643. The summed E-state index contributed by atoms with van der Waals surface area (Å²) in [5.41, 5.74) is 4.89. The van der Waals surface area contributed by atoms with E-state index in [0.717, 1.165) is 16.8 Å². The molecular weight excluding hydrogens is 321 g/mol. The summed E-state index contributed by atoms with van der Waals surface area (Å²) in [6.07, 6.45) is 1.50. The first kappa shape index (κ1) is 16.3. The van der Waals surface area contributed by atoms with Crippen molar-refractivity contribution in [3.8, 4) is 0 Å². The standard InChI is InChI=1S/C16H15Cl2N3O/c1-11-13(17)7-4-8-15(11)19-10-16(22)21-20-9-12-5-2-3-6-14(12)18/h2-9,19H,10H2,1H3,(H,21,22)/b20-9-. The lowest BCUT2D eigenvalue weighted by molar-refractivity contribution is -0.119. The lowest BCUT2D eigenvalue weighted by Crippen LogP contribution is -2.26. The van der Waals surface area contributed by atoms with E-state index >= 15 is 0 Å². The predicted octanol–water partition coefficient (Wildman–Crippen LogP) is 3.86. The number of nitrogens with one attached hydrogen (secondary N) is 2. The molecule has 0 unspecified atom stereocenters. The number of amides is 1. The van der Waals surface area contributed by atoms with Crippen LogP contribution in [0.25, 0.3) is 0 Å². The van der Waals surface area contributed by atoms with Crippen LogP contribution in [0.2, 0.25) is 10.0 Å². The number of rotatable bonds is 5. The summed E-state index contributed by atoms with van der Waals surface area (Å²) in [6.45, 7) is 1.99. The van der Waals surface area contributed by atoms with E-state index in [1.165, 1.54) is 6.21 Å². The molecule has 0 aromatic heterocycles. The van der Waals surface area contributed by atoms with Gasteiger partial charge in [0, 0.05) is 21.3 Å². The topological polar surface area (TPSA) is 53.5 Å². The zero-order valence-corrected chi connectivity index (χ0v) is 13.4. The van der Waals surface area contributed by atoms with Gasteiger partial charge in [-0.1, -0.05) is 47.5 Å². The van der Waals surface area contributed by atoms with Crippen LogP contribution >= 0.6 is 23.2 Å². The van der Waals surface area contributed by atoms with E-state index in [4.69, 9.17) is 23.2 Å². The summed E-state index contributed by atoms with van der Waals surface area (Å²) in [5.74, 6) is -0.261. The Hall–Kier alpha value is -2.04. The molecule has 0 saturated heterocycles. The maximum absolute atomic E-state index is 11.7. The zero-order valence-electron chi connectivity index (χ0n) is 11.9. The first-order valence-corrected chi connectivity index (χ1v) is 7.39. The van der Waals surface area contributed by atoms with Gasteiger partial charge in [-0.05, 0) is 30.7 Å². The maximum Gasteiger partial charge on any atom is 0.259 e. The Balaban J connectivity index is 1.86. The lowest BCUT2D eigenvalue weighted by Gasteiger charge is -2.09. The van der Waals surface area contributed by atoms with E-state index in [1.807, 2.05) is 37.3 Å². The largest absolute Gasteiger partial charge is 0.376 e. The van der Waals surface area contributed by atoms with Crippen LogP contribution in [0.3, 0.4) is 0 Å². The van der Waals surface area contributed by atoms with Crippen LogP contribution < -0.4 is 10.7 Å². The number of halogens is 2. The van der Waals surface area contributed by atoms with Crippen molar-refractivity contribution in [1.29, 1.82) is 0 Å². The normalized spacial score (nSPS) is 10.7. The Kier molecular flexibility index (Phi) is 5.81. The van der Waals surface area contributed by atoms with Crippen LogP contribution in [0.15, 0.2) is 47.6 Å². The SMILES string of the molecule is Cc1c(Cl)cccc1NCC(=O)N/N=C\c1ccccc1Cl. The number of hydrazone groups is 1. The third kappa shape index (κ3) is 4.48. The van der Waals surface area contributed by atoms with E-state index < -0.39 is 0 Å². The molecule has 0 atom stereocenters. The van der Waals surface area contributed by atoms with Crippen LogP contribution in [0.5, 0.6) is 0 Å². The number of benzene rings is 2. The van der Waals surface area contributed by atoms with Crippen LogP contribution in [-0.4, -0.2) is 18.7 Å². The fraction of sp³-hybridized carbons (Fsp3) is 0.125. The highest BCUT2D eigenvalue weighted by Gasteiger charge is 2.04. The monoisotopic (exact) mass is 335 g/mol. The zero-order chi connectivity index (χ0) is 15.9. The van der Waals surface area contributed by atoms with Crippen LogP contribution in [0.4, 0.5) is 5.69 Å². The van der Waals surface area contributed by atoms with Crippen molar-refractivity contribution in [2.75, 3.05) is 11.9 Å². The number of hydrogen-bond donors (Lipinski definition) is 2. The molecule has 4 nitrogen and oxygen atoms in total. The molecule has 0 bridgehead atoms. The molecule has 6 heteroatoms. The van der Waals surface area contributed by atoms with E-state index in [0.29, 0.717) is 10.0 Å². The van der Waals surface area contributed by atoms with Gasteiger partial charge >= 0.3 is 0 Å². The maximum atomic E-state index is 11.7. The van der Waals surface area contributed by atoms with Gasteiger partial charge in [-0.2, -0.15) is 5.10 Å². The molecular formula is C16H15Cl2N3O. The Morgan fingerprint density at radius 3 is 2.64 bits per heavy atom. The van der Waals surface area contributed by atoms with Crippen molar-refractivity contribution >= 4 is 41.0 Å². The number of carbonyl (C=O) groups excluding carboxylic acids is 1. The Labute approximate surface area is 139 Å². The molecule has 2 rings (SSSR count). The fourth-order valence-corrected chi connectivity index (χ4v) is 2.13. The molecule has 2 aromatic rings. The first-order chi connectivity index (χ1) is 10.6. The van der Waals surface area contributed by atoms with Gasteiger partial charge in [-0.25, -0.2) is 5.43 Å². The van der Waals surface area contributed by atoms with Gasteiger partial charge in [-0.3, -0.25) is 4.79 Å². The molecule has 0 aliphatic heterocycles. The Morgan fingerprint density at radius 1 is 1.14 bits per heavy atom. The second kappa shape index (κ2) is 7.82. The van der Waals surface area contributed by atoms with E-state index in [2.05, 4.69) is 15.8 Å². The van der Waals surface area contributed by atoms with E-state index in [-0.39, 0.29) is 12.5 Å². The van der Waals surface area contributed by atoms with Crippen molar-refractivity contribution in [2.45, 2.75) is 6.92 Å². The minimum Gasteiger partial charge on any atom is -0.376 e. The minimum atomic E-state index is -0.261. The van der Waals surface area contributed by atoms with Gasteiger partial charge in [0.2, 0.25) is 0 Å². The molecule has 0 aliphatic rings. The highest BCUT2D eigenvalue weighted by Crippen LogP contribution is 2.22. The summed E-state index contributed by atoms with van der Waals surface area (Å²) >= 11 is 12.0. The van der Waals surface area contributed by atoms with Crippen molar-refractivity contribution < 1.29 is 4.79 Å². The summed E-state index contributed by atoms with van der Waals surface area (Å²) in [6, 6.07) is 12.7. The number of nitrogens with zero attached hydrogens (tertiary/aromatic N) is 1. The van der Waals surface area contributed by atoms with Gasteiger partial charge in [-0.15, -0.1) is 0 Å². The average Bonchev–Trinajstić information content (AvgIpc) is 2.51. The molecule has 0 radical (unpaired) electrons. The Morgan fingerprint density at radius 2 is 1.86 bits per heavy atom. The fourth-order valence-electron chi connectivity index (χ4n) is 1.77. The molecule has 22 heavy (non-hydrogen) atoms. The number of anilines is 1. The lowest BCUT2D eigenvalue weighted by atomic mass is 10.2. The predicted molar refractivity (Wildman–Crippen MR) is 91.9 cm³/mol. The molecule has 0 saturated carbocycles. The number of hydrogen-bond acceptors (Lipinski definition) is 3. The summed E-state index contributed by atoms with van der Waals surface area (Å²) < 4.78 is 0. The smallest absolute Gasteiger partial charge is 0.259 e. The van der Waals surface area contributed by atoms with Crippen LogP contribution in [0, 0.1) is 6.92 Å². The van der Waals surface area contributed by atoms with Gasteiger partial charge < -0.3 is 5.32 Å². The molecule has 2 aromatic carbocycles. The number of carbonyl (C=O) groups is 1. The minimum absolute atomic E-state index is 0.0983. The van der Waals surface area contributed by atoms with Crippen LogP contribution in [-0.2, 0) is 4.79 Å². The second-order valence-electron chi connectivity index (χ2n) is 4.58. The molecule has 0 aliphatic carbocycles. The van der Waals surface area contributed by atoms with Gasteiger partial charge in [0.05, 0.1) is 12.8 Å². The Bertz CT molecular complexity index is 702. The van der Waals surface area contributed by atoms with E-state index in [1.54, 1.807) is 12.1 Å². The third-order valence-corrected chi connectivity index (χ3v) is 3.76. The van der Waals surface area contributed by atoms with Crippen molar-refractivity contribution in [3.05, 3.63) is 63.6 Å². The van der Waals surface area contributed by atoms with E-state index in [9.17, 15) is 4.79 Å². The van der Waals surface area contributed by atoms with Gasteiger partial charge in [0.1, 0.15) is 0 Å². The molecule has 0 spiro atoms. The highest BCUT2D eigenvalue weighted by molar-refractivity contribution is 6.33. The van der Waals surface area contributed by atoms with Crippen molar-refractivity contribution in [3.63, 3.8) is 0 Å². The average molecular weight is 336 g/mol. The molecule has 114 valence electrons. The van der Waals surface area contributed by atoms with Crippen molar-refractivity contribution in [1.82, 2.24) is 5.43 Å². The third-order valence-electron chi connectivity index (χ3n) is 3.01. The summed E-state index contributed by atoms with van der Waals surface area (Å²) in [7, 11) is 0. The summed E-state index contributed by atoms with van der Waals surface area (Å²) in [4.78, 5) is 11.7. The molecule has 0 heterocycles. The van der Waals surface area contributed by atoms with Gasteiger partial charge in [0.15, 0.2) is 0 Å². The molecule has 2 N–H and O–H groups in total. The van der Waals surface area contributed by atoms with Gasteiger partial charge in [0.25, 0.3) is 5.91 Å². The molecule has 0 fully saturated rings. The molecule has 1 amide bonds.